The second-order valence-electron chi connectivity index (χ2n) is 2.85. The van der Waals surface area contributed by atoms with E-state index in [2.05, 4.69) is 17.3 Å². The van der Waals surface area contributed by atoms with E-state index < -0.39 is 0 Å². The Morgan fingerprint density at radius 1 is 1.57 bits per heavy atom. The Bertz CT molecular complexity index is 466. The van der Waals surface area contributed by atoms with E-state index in [4.69, 9.17) is 17.4 Å². The molecule has 0 saturated carbocycles. The molecule has 0 bridgehead atoms. The Balaban J connectivity index is 2.73. The summed E-state index contributed by atoms with van der Waals surface area (Å²) >= 11 is 5.89. The first-order valence-electron chi connectivity index (χ1n) is 4.32. The maximum absolute atomic E-state index is 5.89. The summed E-state index contributed by atoms with van der Waals surface area (Å²) in [5.74, 6) is 6.42. The molecule has 3 nitrogen and oxygen atoms in total. The molecule has 74 valence electrons. The monoisotopic (exact) mass is 228 g/mol. The Hall–Kier alpha value is -0.840. The van der Waals surface area contributed by atoms with Crippen molar-refractivity contribution in [3.8, 4) is 0 Å². The Morgan fingerprint density at radius 3 is 3.00 bits per heavy atom. The number of rotatable bonds is 2. The Kier molecular flexibility index (Phi) is 2.58. The van der Waals surface area contributed by atoms with Gasteiger partial charge in [-0.3, -0.25) is 5.43 Å². The molecule has 0 radical (unpaired) electrons. The minimum absolute atomic E-state index is 0.0000309. The van der Waals surface area contributed by atoms with Crippen LogP contribution in [0.1, 0.15) is 6.92 Å². The van der Waals surface area contributed by atoms with Gasteiger partial charge in [0.1, 0.15) is 11.3 Å². The zero-order chi connectivity index (χ0) is 10.1. The number of aromatic nitrogens is 1. The average molecular weight is 229 g/mol. The lowest BCUT2D eigenvalue weighted by molar-refractivity contribution is 1.30. The van der Waals surface area contributed by atoms with Gasteiger partial charge in [-0.25, -0.2) is 5.84 Å². The highest BCUT2D eigenvalue weighted by molar-refractivity contribution is 7.39. The van der Waals surface area contributed by atoms with Crippen LogP contribution in [-0.2, 0) is 5.75 Å². The molecule has 1 aromatic carbocycles. The molecule has 0 amide bonds. The lowest BCUT2D eigenvalue weighted by Gasteiger charge is -1.88. The van der Waals surface area contributed by atoms with Gasteiger partial charge < -0.3 is 0 Å². The minimum atomic E-state index is -0.0000309. The largest absolute Gasteiger partial charge is 0.355 e. The number of anilines is 1. The molecule has 14 heavy (non-hydrogen) atoms. The first-order valence-corrected chi connectivity index (χ1v) is 6.09. The van der Waals surface area contributed by atoms with Crippen molar-refractivity contribution in [1.29, 1.82) is 0 Å². The molecule has 0 fully saturated rings. The smallest absolute Gasteiger partial charge is 0.263 e. The van der Waals surface area contributed by atoms with Crippen LogP contribution >= 0.6 is 22.1 Å². The zero-order valence-corrected chi connectivity index (χ0v) is 9.32. The zero-order valence-electron chi connectivity index (χ0n) is 7.75. The van der Waals surface area contributed by atoms with Crippen LogP contribution in [0.5, 0.6) is 0 Å². The molecule has 3 N–H and O–H groups in total. The molecule has 1 heterocycles. The van der Waals surface area contributed by atoms with Gasteiger partial charge in [0, 0.05) is 21.6 Å². The van der Waals surface area contributed by atoms with Crippen molar-refractivity contribution in [3.63, 3.8) is 0 Å². The normalized spacial score (nSPS) is 12.1. The molecule has 0 aliphatic rings. The lowest BCUT2D eigenvalue weighted by Crippen LogP contribution is -2.06. The predicted molar refractivity (Wildman–Crippen MR) is 62.7 cm³/mol. The number of nitrogen functional groups attached to an aromatic ring is 1. The number of aryl methyl sites for hydroxylation is 1. The number of thiazole rings is 1. The Labute approximate surface area is 89.8 Å². The van der Waals surface area contributed by atoms with E-state index >= 15 is 0 Å². The van der Waals surface area contributed by atoms with Crippen LogP contribution in [-0.4, -0.2) is 4.98 Å². The minimum Gasteiger partial charge on any atom is -0.263 e. The molecule has 0 spiro atoms. The van der Waals surface area contributed by atoms with E-state index in [1.807, 2.05) is 18.2 Å². The molecule has 2 aromatic rings. The van der Waals surface area contributed by atoms with Crippen molar-refractivity contribution >= 4 is 37.4 Å². The van der Waals surface area contributed by atoms with Crippen molar-refractivity contribution in [2.75, 3.05) is 5.43 Å². The quantitative estimate of drug-likeness (QED) is 0.472. The van der Waals surface area contributed by atoms with Crippen molar-refractivity contribution in [2.45, 2.75) is 12.7 Å². The van der Waals surface area contributed by atoms with E-state index in [0.717, 1.165) is 16.4 Å². The standard InChI is InChI=1S/C9H11ClN3S/c1-2-14-8-4-3-6(10)5-7(8)12-9(14)13-11/h3-5H,2,11H2,1H3,(H,12,13)/q+1. The summed E-state index contributed by atoms with van der Waals surface area (Å²) in [5.41, 5.74) is 3.59. The molecule has 0 aliphatic heterocycles. The van der Waals surface area contributed by atoms with Crippen LogP contribution in [0.15, 0.2) is 18.2 Å². The maximum Gasteiger partial charge on any atom is 0.355 e. The predicted octanol–water partition coefficient (Wildman–Crippen LogP) is 2.94. The summed E-state index contributed by atoms with van der Waals surface area (Å²) in [6.45, 7) is 2.12. The second kappa shape index (κ2) is 3.73. The number of nitrogens with two attached hydrogens (primary N) is 1. The van der Waals surface area contributed by atoms with Crippen molar-refractivity contribution in [2.24, 2.45) is 5.84 Å². The number of hydrazine groups is 1. The van der Waals surface area contributed by atoms with Crippen molar-refractivity contribution in [1.82, 2.24) is 4.98 Å². The van der Waals surface area contributed by atoms with Gasteiger partial charge in [0.2, 0.25) is 4.70 Å². The van der Waals surface area contributed by atoms with Gasteiger partial charge in [0.05, 0.1) is 0 Å². The highest BCUT2D eigenvalue weighted by Crippen LogP contribution is 2.38. The first kappa shape index (κ1) is 9.71. The molecular weight excluding hydrogens is 218 g/mol. The number of halogens is 1. The van der Waals surface area contributed by atoms with Crippen molar-refractivity contribution < 1.29 is 0 Å². The van der Waals surface area contributed by atoms with Crippen LogP contribution in [0.3, 0.4) is 0 Å². The highest BCUT2D eigenvalue weighted by Gasteiger charge is 2.19. The van der Waals surface area contributed by atoms with Gasteiger partial charge in [-0.05, 0) is 19.1 Å². The average Bonchev–Trinajstić information content (AvgIpc) is 2.54. The molecule has 1 atom stereocenters. The molecular formula is C9H11ClN3S+. The van der Waals surface area contributed by atoms with E-state index in [-0.39, 0.29) is 10.5 Å². The third-order valence-corrected chi connectivity index (χ3v) is 4.42. The molecule has 0 saturated heterocycles. The first-order chi connectivity index (χ1) is 6.76. The second-order valence-corrected chi connectivity index (χ2v) is 5.47. The summed E-state index contributed by atoms with van der Waals surface area (Å²) in [6, 6.07) is 5.79. The van der Waals surface area contributed by atoms with E-state index in [0.29, 0.717) is 5.02 Å². The molecule has 1 aromatic heterocycles. The van der Waals surface area contributed by atoms with Gasteiger partial charge in [-0.15, -0.1) is 0 Å². The summed E-state index contributed by atoms with van der Waals surface area (Å²) in [6.07, 6.45) is 0. The highest BCUT2D eigenvalue weighted by atomic mass is 35.5. The molecule has 1 unspecified atom stereocenters. The number of benzene rings is 1. The van der Waals surface area contributed by atoms with Gasteiger partial charge in [-0.1, -0.05) is 11.6 Å². The topological polar surface area (TPSA) is 50.9 Å². The van der Waals surface area contributed by atoms with Crippen molar-refractivity contribution in [3.05, 3.63) is 23.2 Å². The summed E-state index contributed by atoms with van der Waals surface area (Å²) in [4.78, 5) is 4.39. The van der Waals surface area contributed by atoms with Crippen LogP contribution in [0, 0.1) is 0 Å². The number of nitrogens with zero attached hydrogens (tertiary/aromatic N) is 1. The van der Waals surface area contributed by atoms with Gasteiger partial charge >= 0.3 is 5.13 Å². The van der Waals surface area contributed by atoms with Crippen LogP contribution in [0.4, 0.5) is 5.13 Å². The van der Waals surface area contributed by atoms with Crippen LogP contribution in [0.25, 0.3) is 10.2 Å². The van der Waals surface area contributed by atoms with E-state index in [9.17, 15) is 0 Å². The fourth-order valence-electron chi connectivity index (χ4n) is 1.45. The van der Waals surface area contributed by atoms with E-state index in [1.54, 1.807) is 0 Å². The van der Waals surface area contributed by atoms with Crippen LogP contribution < -0.4 is 11.3 Å². The van der Waals surface area contributed by atoms with E-state index in [1.165, 1.54) is 4.70 Å². The number of nitrogens with one attached hydrogen (secondary N) is 1. The SMILES string of the molecule is CC[s+]1c(NN)nc2cc(Cl)ccc21. The fraction of sp³-hybridized carbons (Fsp3) is 0.222. The summed E-state index contributed by atoms with van der Waals surface area (Å²) in [5, 5.41) is 1.56. The lowest BCUT2D eigenvalue weighted by atomic mass is 10.3. The third kappa shape index (κ3) is 1.45. The van der Waals surface area contributed by atoms with Gasteiger partial charge in [0.15, 0.2) is 0 Å². The fourth-order valence-corrected chi connectivity index (χ4v) is 3.35. The maximum atomic E-state index is 5.89. The number of hydrogen-bond donors (Lipinski definition) is 2. The summed E-state index contributed by atoms with van der Waals surface area (Å²) < 4.78 is 1.23. The third-order valence-electron chi connectivity index (χ3n) is 2.05. The number of hydrogen-bond acceptors (Lipinski definition) is 3. The molecule has 5 heteroatoms. The molecule has 2 rings (SSSR count). The summed E-state index contributed by atoms with van der Waals surface area (Å²) in [7, 11) is -0.0000309. The molecule has 0 aliphatic carbocycles. The number of fused-ring (bicyclic) bond motifs is 1. The Morgan fingerprint density at radius 2 is 2.36 bits per heavy atom. The van der Waals surface area contributed by atoms with Gasteiger partial charge in [-0.2, -0.15) is 4.98 Å². The van der Waals surface area contributed by atoms with Crippen LogP contribution in [0.2, 0.25) is 5.02 Å². The van der Waals surface area contributed by atoms with Gasteiger partial charge in [0.25, 0.3) is 0 Å².